The van der Waals surface area contributed by atoms with E-state index < -0.39 is 0 Å². The summed E-state index contributed by atoms with van der Waals surface area (Å²) in [4.78, 5) is 0. The minimum Gasteiger partial charge on any atom is -1.00 e. The number of halogens is 2. The van der Waals surface area contributed by atoms with Gasteiger partial charge in [-0.05, 0) is 25.7 Å². The molecule has 0 aromatic rings. The van der Waals surface area contributed by atoms with E-state index >= 15 is 0 Å². The predicted molar refractivity (Wildman–Crippen MR) is 82.5 cm³/mol. The van der Waals surface area contributed by atoms with Crippen molar-refractivity contribution in [3.63, 3.8) is 0 Å². The van der Waals surface area contributed by atoms with E-state index in [0.29, 0.717) is 0 Å². The van der Waals surface area contributed by atoms with Gasteiger partial charge >= 0.3 is 0 Å². The maximum absolute atomic E-state index is 3.79. The molecule has 0 aromatic carbocycles. The van der Waals surface area contributed by atoms with Crippen molar-refractivity contribution in [3.8, 4) is 0 Å². The molecule has 0 aliphatic heterocycles. The van der Waals surface area contributed by atoms with Gasteiger partial charge in [0.25, 0.3) is 0 Å². The summed E-state index contributed by atoms with van der Waals surface area (Å²) in [5, 5.41) is 0. The van der Waals surface area contributed by atoms with E-state index in [-0.39, 0.29) is 34.0 Å². The van der Waals surface area contributed by atoms with E-state index in [1.165, 1.54) is 39.0 Å². The molecule has 0 unspecified atom stereocenters. The highest BCUT2D eigenvalue weighted by Gasteiger charge is 2.21. The van der Waals surface area contributed by atoms with E-state index in [4.69, 9.17) is 0 Å². The molecule has 0 aliphatic carbocycles. The molecular formula is C16H34Br2N2. The highest BCUT2D eigenvalue weighted by Crippen LogP contribution is 2.07. The Kier molecular flexibility index (Phi) is 16.5. The van der Waals surface area contributed by atoms with E-state index in [2.05, 4.69) is 41.3 Å². The van der Waals surface area contributed by atoms with Crippen LogP contribution in [0.5, 0.6) is 0 Å². The lowest BCUT2D eigenvalue weighted by Gasteiger charge is -2.35. The third kappa shape index (κ3) is 14.8. The van der Waals surface area contributed by atoms with Crippen LogP contribution in [0.4, 0.5) is 0 Å². The number of hydrogen-bond donors (Lipinski definition) is 0. The smallest absolute Gasteiger partial charge is 0.128 e. The topological polar surface area (TPSA) is 0 Å². The highest BCUT2D eigenvalue weighted by molar-refractivity contribution is 4.65. The van der Waals surface area contributed by atoms with Crippen molar-refractivity contribution in [2.75, 3.05) is 54.4 Å². The van der Waals surface area contributed by atoms with Gasteiger partial charge in [0.05, 0.1) is 41.3 Å². The van der Waals surface area contributed by atoms with Crippen LogP contribution in [0.25, 0.3) is 0 Å². The Balaban J connectivity index is -0.00000144. The fourth-order valence-electron chi connectivity index (χ4n) is 2.09. The Morgan fingerprint density at radius 1 is 0.650 bits per heavy atom. The third-order valence-corrected chi connectivity index (χ3v) is 3.65. The van der Waals surface area contributed by atoms with Crippen LogP contribution in [0.3, 0.4) is 0 Å². The van der Waals surface area contributed by atoms with Gasteiger partial charge in [-0.25, -0.2) is 0 Å². The SMILES string of the molecule is C=CCCC[N+](C)(C)CC[N+](C)(C)CCCC=C.[Br-].[Br-]. The summed E-state index contributed by atoms with van der Waals surface area (Å²) in [6.45, 7) is 12.6. The first-order valence-electron chi connectivity index (χ1n) is 7.19. The van der Waals surface area contributed by atoms with Crippen LogP contribution >= 0.6 is 0 Å². The van der Waals surface area contributed by atoms with Crippen LogP contribution in [0, 0.1) is 0 Å². The van der Waals surface area contributed by atoms with Crippen LogP contribution < -0.4 is 34.0 Å². The second-order valence-corrected chi connectivity index (χ2v) is 6.63. The number of allylic oxidation sites excluding steroid dienone is 2. The van der Waals surface area contributed by atoms with Gasteiger partial charge in [0, 0.05) is 0 Å². The van der Waals surface area contributed by atoms with Gasteiger partial charge in [-0.3, -0.25) is 0 Å². The summed E-state index contributed by atoms with van der Waals surface area (Å²) in [6, 6.07) is 0. The summed E-state index contributed by atoms with van der Waals surface area (Å²) in [7, 11) is 9.36. The highest BCUT2D eigenvalue weighted by atomic mass is 79.9. The molecule has 4 heteroatoms. The molecule has 0 fully saturated rings. The molecule has 0 aliphatic rings. The molecule has 0 rings (SSSR count). The number of likely N-dealkylation sites (N-methyl/N-ethyl adjacent to an activating group) is 2. The molecule has 0 N–H and O–H groups in total. The summed E-state index contributed by atoms with van der Waals surface area (Å²) in [6.07, 6.45) is 8.82. The fraction of sp³-hybridized carbons (Fsp3) is 0.750. The standard InChI is InChI=1S/C16H34N2.2BrH/c1-7-9-11-13-17(3,4)15-16-18(5,6)14-12-10-8-2;;/h7-8H,1-2,9-16H2,3-6H3;2*1H/q+2;;/p-2. The molecule has 0 spiro atoms. The number of nitrogens with zero attached hydrogens (tertiary/aromatic N) is 2. The van der Waals surface area contributed by atoms with Gasteiger partial charge in [0.1, 0.15) is 13.1 Å². The molecule has 0 atom stereocenters. The lowest BCUT2D eigenvalue weighted by atomic mass is 10.2. The van der Waals surface area contributed by atoms with Crippen molar-refractivity contribution in [1.29, 1.82) is 0 Å². The second kappa shape index (κ2) is 13.1. The maximum atomic E-state index is 3.79. The quantitative estimate of drug-likeness (QED) is 0.193. The monoisotopic (exact) mass is 412 g/mol. The Morgan fingerprint density at radius 2 is 0.950 bits per heavy atom. The van der Waals surface area contributed by atoms with E-state index in [9.17, 15) is 0 Å². The Bertz CT molecular complexity index is 225. The van der Waals surface area contributed by atoms with Gasteiger partial charge in [-0.2, -0.15) is 0 Å². The van der Waals surface area contributed by atoms with Gasteiger partial charge in [-0.1, -0.05) is 12.2 Å². The molecule has 122 valence electrons. The largest absolute Gasteiger partial charge is 1.00 e. The Morgan fingerprint density at radius 3 is 1.20 bits per heavy atom. The zero-order chi connectivity index (χ0) is 14.1. The zero-order valence-electron chi connectivity index (χ0n) is 13.9. The van der Waals surface area contributed by atoms with Crippen molar-refractivity contribution in [2.45, 2.75) is 25.7 Å². The predicted octanol–water partition coefficient (Wildman–Crippen LogP) is -2.92. The molecule has 0 bridgehead atoms. The molecular weight excluding hydrogens is 380 g/mol. The number of unbranched alkanes of at least 4 members (excludes halogenated alkanes) is 2. The first kappa shape index (κ1) is 25.3. The molecule has 0 saturated carbocycles. The summed E-state index contributed by atoms with van der Waals surface area (Å²) < 4.78 is 2.24. The third-order valence-electron chi connectivity index (χ3n) is 3.65. The number of rotatable bonds is 11. The van der Waals surface area contributed by atoms with Gasteiger partial charge in [-0.15, -0.1) is 13.2 Å². The van der Waals surface area contributed by atoms with Crippen molar-refractivity contribution in [2.24, 2.45) is 0 Å². The summed E-state index contributed by atoms with van der Waals surface area (Å²) in [5.74, 6) is 0. The van der Waals surface area contributed by atoms with Crippen LogP contribution in [0.1, 0.15) is 25.7 Å². The minimum atomic E-state index is 0. The first-order chi connectivity index (χ1) is 8.33. The number of hydrogen-bond acceptors (Lipinski definition) is 0. The average molecular weight is 414 g/mol. The molecule has 0 aromatic heterocycles. The van der Waals surface area contributed by atoms with E-state index in [1.54, 1.807) is 0 Å². The van der Waals surface area contributed by atoms with Crippen LogP contribution in [-0.2, 0) is 0 Å². The van der Waals surface area contributed by atoms with Gasteiger partial charge in [0.15, 0.2) is 0 Å². The van der Waals surface area contributed by atoms with Crippen molar-refractivity contribution >= 4 is 0 Å². The maximum Gasteiger partial charge on any atom is 0.128 e. The molecule has 0 amide bonds. The van der Waals surface area contributed by atoms with Crippen molar-refractivity contribution in [1.82, 2.24) is 0 Å². The molecule has 2 nitrogen and oxygen atoms in total. The Hall–Kier alpha value is 0.360. The molecule has 20 heavy (non-hydrogen) atoms. The Labute approximate surface area is 148 Å². The zero-order valence-corrected chi connectivity index (χ0v) is 17.0. The van der Waals surface area contributed by atoms with Crippen LogP contribution in [-0.4, -0.2) is 63.3 Å². The summed E-state index contributed by atoms with van der Waals surface area (Å²) >= 11 is 0. The summed E-state index contributed by atoms with van der Waals surface area (Å²) in [5.41, 5.74) is 0. The fourth-order valence-corrected chi connectivity index (χ4v) is 2.09. The second-order valence-electron chi connectivity index (χ2n) is 6.63. The average Bonchev–Trinajstić information content (AvgIpc) is 2.27. The molecule has 0 radical (unpaired) electrons. The number of quaternary nitrogens is 2. The van der Waals surface area contributed by atoms with Crippen LogP contribution in [0.15, 0.2) is 25.3 Å². The lowest BCUT2D eigenvalue weighted by molar-refractivity contribution is -0.946. The molecule has 0 heterocycles. The lowest BCUT2D eigenvalue weighted by Crippen LogP contribution is -3.00. The van der Waals surface area contributed by atoms with E-state index in [1.807, 2.05) is 12.2 Å². The van der Waals surface area contributed by atoms with E-state index in [0.717, 1.165) is 21.8 Å². The van der Waals surface area contributed by atoms with Crippen LogP contribution in [0.2, 0.25) is 0 Å². The minimum absolute atomic E-state index is 0. The van der Waals surface area contributed by atoms with Crippen molar-refractivity contribution < 1.29 is 42.9 Å². The molecule has 0 saturated heterocycles. The van der Waals surface area contributed by atoms with Gasteiger partial charge in [0.2, 0.25) is 0 Å². The normalized spacial score (nSPS) is 11.2. The van der Waals surface area contributed by atoms with Gasteiger partial charge < -0.3 is 42.9 Å². The van der Waals surface area contributed by atoms with Crippen molar-refractivity contribution in [3.05, 3.63) is 25.3 Å². The first-order valence-corrected chi connectivity index (χ1v) is 7.19.